The van der Waals surface area contributed by atoms with E-state index in [1.807, 2.05) is 31.2 Å². The van der Waals surface area contributed by atoms with Gasteiger partial charge in [-0.05, 0) is 26.3 Å². The molecule has 2 atom stereocenters. The fraction of sp³-hybridized carbons (Fsp3) is 0.364. The lowest BCUT2D eigenvalue weighted by Crippen LogP contribution is -2.30. The Kier molecular flexibility index (Phi) is 8.22. The summed E-state index contributed by atoms with van der Waals surface area (Å²) in [7, 11) is 0. The first kappa shape index (κ1) is 22.4. The molecule has 0 saturated carbocycles. The smallest absolute Gasteiger partial charge is 0.336 e. The Labute approximate surface area is 175 Å². The van der Waals surface area contributed by atoms with Crippen molar-refractivity contribution in [2.75, 3.05) is 19.0 Å². The number of carbonyl (C=O) groups excluding carboxylic acids is 2. The van der Waals surface area contributed by atoms with Gasteiger partial charge in [0.25, 0.3) is 0 Å². The molecule has 1 aliphatic heterocycles. The third kappa shape index (κ3) is 5.58. The van der Waals surface area contributed by atoms with Crippen molar-refractivity contribution in [2.24, 2.45) is 10.9 Å². The maximum Gasteiger partial charge on any atom is 0.336 e. The molecule has 0 saturated heterocycles. The predicted octanol–water partition coefficient (Wildman–Crippen LogP) is 3.93. The highest BCUT2D eigenvalue weighted by atomic mass is 32.2. The number of thioether (sulfide) groups is 1. The molecule has 1 aromatic rings. The fourth-order valence-electron chi connectivity index (χ4n) is 3.04. The molecule has 0 bridgehead atoms. The van der Waals surface area contributed by atoms with Crippen molar-refractivity contribution in [1.82, 2.24) is 0 Å². The molecule has 29 heavy (non-hydrogen) atoms. The zero-order valence-corrected chi connectivity index (χ0v) is 17.6. The summed E-state index contributed by atoms with van der Waals surface area (Å²) >= 11 is 1.17. The Balaban J connectivity index is 2.47. The van der Waals surface area contributed by atoms with Gasteiger partial charge in [0, 0.05) is 11.6 Å². The number of esters is 2. The molecule has 0 amide bonds. The zero-order valence-electron chi connectivity index (χ0n) is 16.8. The van der Waals surface area contributed by atoms with Gasteiger partial charge in [0.05, 0.1) is 29.0 Å². The van der Waals surface area contributed by atoms with Crippen LogP contribution in [0.2, 0.25) is 0 Å². The van der Waals surface area contributed by atoms with Gasteiger partial charge in [-0.2, -0.15) is 5.26 Å². The average Bonchev–Trinajstić information content (AvgIpc) is 2.70. The minimum Gasteiger partial charge on any atom is -0.465 e. The molecular weight excluding hydrogens is 388 g/mol. The number of hydrogen-bond acceptors (Lipinski definition) is 7. The van der Waals surface area contributed by atoms with Crippen molar-refractivity contribution in [2.45, 2.75) is 26.7 Å². The van der Waals surface area contributed by atoms with E-state index in [2.05, 4.69) is 17.6 Å². The van der Waals surface area contributed by atoms with Crippen LogP contribution in [0.25, 0.3) is 0 Å². The third-order valence-corrected chi connectivity index (χ3v) is 5.37. The SMILES string of the molecule is C=CCOC(=O)C1=C(C)N=C(SCC(=O)OCC)C(C#N)[C@H]1c1ccc(C)cc1. The molecule has 1 aliphatic rings. The summed E-state index contributed by atoms with van der Waals surface area (Å²) in [4.78, 5) is 29.0. The van der Waals surface area contributed by atoms with E-state index >= 15 is 0 Å². The van der Waals surface area contributed by atoms with Crippen LogP contribution >= 0.6 is 11.8 Å². The summed E-state index contributed by atoms with van der Waals surface area (Å²) < 4.78 is 10.2. The quantitative estimate of drug-likeness (QED) is 0.498. The number of aliphatic imine (C=N–C) groups is 1. The Bertz CT molecular complexity index is 881. The first-order chi connectivity index (χ1) is 13.9. The third-order valence-electron chi connectivity index (χ3n) is 4.35. The number of nitrogens with zero attached hydrogens (tertiary/aromatic N) is 2. The van der Waals surface area contributed by atoms with Crippen molar-refractivity contribution >= 4 is 28.7 Å². The number of rotatable bonds is 7. The van der Waals surface area contributed by atoms with Crippen LogP contribution < -0.4 is 0 Å². The van der Waals surface area contributed by atoms with Gasteiger partial charge in [-0.3, -0.25) is 4.79 Å². The standard InChI is InChI=1S/C22H24N2O4S/c1-5-11-28-22(26)19-15(4)24-21(29-13-18(25)27-6-2)17(12-23)20(19)16-9-7-14(3)8-10-16/h5,7-10,17,20H,1,6,11,13H2,2-4H3/t17?,20-/m1/s1. The molecule has 0 spiro atoms. The molecule has 0 fully saturated rings. The molecule has 7 heteroatoms. The van der Waals surface area contributed by atoms with E-state index in [-0.39, 0.29) is 24.9 Å². The molecule has 6 nitrogen and oxygen atoms in total. The van der Waals surface area contributed by atoms with Crippen LogP contribution in [0, 0.1) is 24.2 Å². The molecule has 0 aliphatic carbocycles. The summed E-state index contributed by atoms with van der Waals surface area (Å²) in [6.45, 7) is 9.34. The van der Waals surface area contributed by atoms with E-state index in [9.17, 15) is 14.9 Å². The Morgan fingerprint density at radius 1 is 1.28 bits per heavy atom. The van der Waals surface area contributed by atoms with Crippen LogP contribution in [0.4, 0.5) is 0 Å². The van der Waals surface area contributed by atoms with Crippen LogP contribution in [-0.2, 0) is 19.1 Å². The maximum absolute atomic E-state index is 12.8. The number of hydrogen-bond donors (Lipinski definition) is 0. The summed E-state index contributed by atoms with van der Waals surface area (Å²) in [5.41, 5.74) is 2.71. The van der Waals surface area contributed by atoms with E-state index in [1.54, 1.807) is 13.8 Å². The van der Waals surface area contributed by atoms with Gasteiger partial charge in [-0.1, -0.05) is 54.2 Å². The first-order valence-corrected chi connectivity index (χ1v) is 10.2. The van der Waals surface area contributed by atoms with Gasteiger partial charge in [0.1, 0.15) is 12.5 Å². The molecule has 0 N–H and O–H groups in total. The molecule has 1 heterocycles. The second-order valence-electron chi connectivity index (χ2n) is 6.43. The van der Waals surface area contributed by atoms with Crippen LogP contribution in [0.3, 0.4) is 0 Å². The number of carbonyl (C=O) groups is 2. The van der Waals surface area contributed by atoms with E-state index in [0.717, 1.165) is 11.1 Å². The minimum absolute atomic E-state index is 0.0506. The van der Waals surface area contributed by atoms with E-state index < -0.39 is 17.8 Å². The van der Waals surface area contributed by atoms with Crippen LogP contribution in [0.5, 0.6) is 0 Å². The number of aryl methyl sites for hydroxylation is 1. The van der Waals surface area contributed by atoms with Crippen molar-refractivity contribution < 1.29 is 19.1 Å². The number of ether oxygens (including phenoxy) is 2. The van der Waals surface area contributed by atoms with Crippen LogP contribution in [-0.4, -0.2) is 35.9 Å². The topological polar surface area (TPSA) is 88.8 Å². The lowest BCUT2D eigenvalue weighted by atomic mass is 9.79. The lowest BCUT2D eigenvalue weighted by molar-refractivity contribution is -0.140. The monoisotopic (exact) mass is 412 g/mol. The Morgan fingerprint density at radius 3 is 2.55 bits per heavy atom. The molecule has 1 aromatic carbocycles. The Morgan fingerprint density at radius 2 is 1.97 bits per heavy atom. The highest BCUT2D eigenvalue weighted by Crippen LogP contribution is 2.41. The van der Waals surface area contributed by atoms with E-state index in [1.165, 1.54) is 17.8 Å². The predicted molar refractivity (Wildman–Crippen MR) is 113 cm³/mol. The first-order valence-electron chi connectivity index (χ1n) is 9.24. The normalized spacial score (nSPS) is 18.5. The van der Waals surface area contributed by atoms with Gasteiger partial charge in [-0.25, -0.2) is 9.79 Å². The largest absolute Gasteiger partial charge is 0.465 e. The summed E-state index contributed by atoms with van der Waals surface area (Å²) in [5.74, 6) is -2.10. The van der Waals surface area contributed by atoms with Gasteiger partial charge >= 0.3 is 11.9 Å². The van der Waals surface area contributed by atoms with E-state index in [0.29, 0.717) is 16.3 Å². The molecule has 2 rings (SSSR count). The van der Waals surface area contributed by atoms with Crippen LogP contribution in [0.15, 0.2) is 53.2 Å². The highest BCUT2D eigenvalue weighted by Gasteiger charge is 2.39. The fourth-order valence-corrected chi connectivity index (χ4v) is 3.96. The number of allylic oxidation sites excluding steroid dienone is 1. The van der Waals surface area contributed by atoms with Gasteiger partial charge in [-0.15, -0.1) is 0 Å². The van der Waals surface area contributed by atoms with Gasteiger partial charge < -0.3 is 9.47 Å². The second kappa shape index (κ2) is 10.6. The van der Waals surface area contributed by atoms with Crippen molar-refractivity contribution in [1.29, 1.82) is 5.26 Å². The van der Waals surface area contributed by atoms with E-state index in [4.69, 9.17) is 9.47 Å². The molecular formula is C22H24N2O4S. The molecule has 0 aromatic heterocycles. The summed E-state index contributed by atoms with van der Waals surface area (Å²) in [6.07, 6.45) is 1.49. The molecule has 152 valence electrons. The Hall–Kier alpha value is -2.85. The second-order valence-corrected chi connectivity index (χ2v) is 7.42. The zero-order chi connectivity index (χ0) is 21.4. The molecule has 0 radical (unpaired) electrons. The lowest BCUT2D eigenvalue weighted by Gasteiger charge is -2.29. The van der Waals surface area contributed by atoms with Crippen molar-refractivity contribution in [3.05, 3.63) is 59.3 Å². The van der Waals surface area contributed by atoms with Crippen molar-refractivity contribution in [3.8, 4) is 6.07 Å². The number of nitriles is 1. The van der Waals surface area contributed by atoms with Gasteiger partial charge in [0.2, 0.25) is 0 Å². The summed E-state index contributed by atoms with van der Waals surface area (Å²) in [5, 5.41) is 10.4. The van der Waals surface area contributed by atoms with Gasteiger partial charge in [0.15, 0.2) is 0 Å². The minimum atomic E-state index is -0.716. The van der Waals surface area contributed by atoms with Crippen LogP contribution in [0.1, 0.15) is 30.9 Å². The summed E-state index contributed by atoms with van der Waals surface area (Å²) in [6, 6.07) is 9.94. The highest BCUT2D eigenvalue weighted by molar-refractivity contribution is 8.14. The van der Waals surface area contributed by atoms with Crippen molar-refractivity contribution in [3.63, 3.8) is 0 Å². The number of benzene rings is 1. The maximum atomic E-state index is 12.8. The molecule has 1 unspecified atom stereocenters. The average molecular weight is 413 g/mol.